The molecule has 1 N–H and O–H groups in total. The third kappa shape index (κ3) is 2.15. The first kappa shape index (κ1) is 10.9. The summed E-state index contributed by atoms with van der Waals surface area (Å²) in [4.78, 5) is 17.4. The van der Waals surface area contributed by atoms with Gasteiger partial charge in [-0.3, -0.25) is 0 Å². The predicted molar refractivity (Wildman–Crippen MR) is 62.0 cm³/mol. The van der Waals surface area contributed by atoms with Gasteiger partial charge in [0.25, 0.3) is 0 Å². The van der Waals surface area contributed by atoms with Gasteiger partial charge < -0.3 is 10.0 Å². The van der Waals surface area contributed by atoms with Crippen LogP contribution in [0, 0.1) is 6.92 Å². The SMILES string of the molecule is Cc1nc(N2CCCCC2)ccc1C(=O)O. The van der Waals surface area contributed by atoms with Crippen LogP contribution in [0.1, 0.15) is 35.3 Å². The smallest absolute Gasteiger partial charge is 0.337 e. The highest BCUT2D eigenvalue weighted by molar-refractivity contribution is 5.89. The normalized spacial score (nSPS) is 16.2. The number of anilines is 1. The number of carboxylic acid groups (broad SMARTS) is 1. The Balaban J connectivity index is 2.23. The summed E-state index contributed by atoms with van der Waals surface area (Å²) >= 11 is 0. The Kier molecular flexibility index (Phi) is 3.08. The Morgan fingerprint density at radius 2 is 2.00 bits per heavy atom. The first-order chi connectivity index (χ1) is 7.68. The Morgan fingerprint density at radius 3 is 2.56 bits per heavy atom. The van der Waals surface area contributed by atoms with Crippen LogP contribution in [0.25, 0.3) is 0 Å². The van der Waals surface area contributed by atoms with Gasteiger partial charge in [0.1, 0.15) is 5.82 Å². The Bertz CT molecular complexity index is 398. The van der Waals surface area contributed by atoms with Crippen molar-refractivity contribution in [3.05, 3.63) is 23.4 Å². The number of rotatable bonds is 2. The first-order valence-electron chi connectivity index (χ1n) is 5.64. The maximum atomic E-state index is 10.9. The average Bonchev–Trinajstić information content (AvgIpc) is 2.29. The molecular formula is C12H16N2O2. The van der Waals surface area contributed by atoms with Crippen LogP contribution >= 0.6 is 0 Å². The lowest BCUT2D eigenvalue weighted by molar-refractivity contribution is 0.0695. The summed E-state index contributed by atoms with van der Waals surface area (Å²) in [6, 6.07) is 3.45. The first-order valence-corrected chi connectivity index (χ1v) is 5.64. The van der Waals surface area contributed by atoms with Crippen LogP contribution in [0.15, 0.2) is 12.1 Å². The summed E-state index contributed by atoms with van der Waals surface area (Å²) < 4.78 is 0. The fourth-order valence-electron chi connectivity index (χ4n) is 2.07. The van der Waals surface area contributed by atoms with Crippen LogP contribution in [-0.4, -0.2) is 29.1 Å². The molecule has 0 saturated carbocycles. The van der Waals surface area contributed by atoms with E-state index in [0.717, 1.165) is 18.9 Å². The van der Waals surface area contributed by atoms with Gasteiger partial charge in [0.05, 0.1) is 11.3 Å². The minimum Gasteiger partial charge on any atom is -0.478 e. The third-order valence-corrected chi connectivity index (χ3v) is 2.98. The Labute approximate surface area is 94.9 Å². The minimum atomic E-state index is -0.907. The van der Waals surface area contributed by atoms with Crippen molar-refractivity contribution < 1.29 is 9.90 Å². The van der Waals surface area contributed by atoms with Crippen molar-refractivity contribution in [2.75, 3.05) is 18.0 Å². The van der Waals surface area contributed by atoms with E-state index in [-0.39, 0.29) is 0 Å². The minimum absolute atomic E-state index is 0.292. The molecule has 0 bridgehead atoms. The van der Waals surface area contributed by atoms with Crippen molar-refractivity contribution >= 4 is 11.8 Å². The van der Waals surface area contributed by atoms with Crippen molar-refractivity contribution in [3.8, 4) is 0 Å². The number of aryl methyl sites for hydroxylation is 1. The van der Waals surface area contributed by atoms with Gasteiger partial charge in [-0.2, -0.15) is 0 Å². The fourth-order valence-corrected chi connectivity index (χ4v) is 2.07. The molecule has 16 heavy (non-hydrogen) atoms. The Hall–Kier alpha value is -1.58. The Morgan fingerprint density at radius 1 is 1.31 bits per heavy atom. The second-order valence-electron chi connectivity index (χ2n) is 4.16. The second-order valence-corrected chi connectivity index (χ2v) is 4.16. The highest BCUT2D eigenvalue weighted by Crippen LogP contribution is 2.19. The van der Waals surface area contributed by atoms with E-state index in [4.69, 9.17) is 5.11 Å². The van der Waals surface area contributed by atoms with E-state index in [1.807, 2.05) is 6.07 Å². The van der Waals surface area contributed by atoms with Crippen LogP contribution in [0.5, 0.6) is 0 Å². The number of carbonyl (C=O) groups is 1. The summed E-state index contributed by atoms with van der Waals surface area (Å²) in [5.74, 6) is -0.00241. The van der Waals surface area contributed by atoms with Crippen LogP contribution in [0.4, 0.5) is 5.82 Å². The number of aromatic carboxylic acids is 1. The molecule has 0 aliphatic carbocycles. The van der Waals surface area contributed by atoms with Crippen LogP contribution in [0.2, 0.25) is 0 Å². The number of aromatic nitrogens is 1. The molecule has 2 rings (SSSR count). The molecule has 0 spiro atoms. The van der Waals surface area contributed by atoms with Crippen LogP contribution < -0.4 is 4.90 Å². The molecule has 1 saturated heterocycles. The molecule has 1 aliphatic rings. The zero-order valence-corrected chi connectivity index (χ0v) is 9.44. The van der Waals surface area contributed by atoms with E-state index in [1.54, 1.807) is 13.0 Å². The number of piperidine rings is 1. The number of hydrogen-bond acceptors (Lipinski definition) is 3. The molecule has 86 valence electrons. The van der Waals surface area contributed by atoms with Gasteiger partial charge in [-0.05, 0) is 38.3 Å². The molecule has 1 fully saturated rings. The average molecular weight is 220 g/mol. The third-order valence-electron chi connectivity index (χ3n) is 2.98. The van der Waals surface area contributed by atoms with Crippen LogP contribution in [0.3, 0.4) is 0 Å². The van der Waals surface area contributed by atoms with Gasteiger partial charge in [-0.1, -0.05) is 0 Å². The van der Waals surface area contributed by atoms with Crippen molar-refractivity contribution in [1.29, 1.82) is 0 Å². The molecule has 0 atom stereocenters. The van der Waals surface area contributed by atoms with Gasteiger partial charge in [0.2, 0.25) is 0 Å². The van der Waals surface area contributed by atoms with Crippen molar-refractivity contribution in [2.45, 2.75) is 26.2 Å². The standard InChI is InChI=1S/C12H16N2O2/c1-9-10(12(15)16)5-6-11(13-9)14-7-3-2-4-8-14/h5-6H,2-4,7-8H2,1H3,(H,15,16). The zero-order chi connectivity index (χ0) is 11.5. The van der Waals surface area contributed by atoms with Gasteiger partial charge in [-0.25, -0.2) is 9.78 Å². The van der Waals surface area contributed by atoms with E-state index in [2.05, 4.69) is 9.88 Å². The van der Waals surface area contributed by atoms with E-state index in [9.17, 15) is 4.79 Å². The maximum absolute atomic E-state index is 10.9. The van der Waals surface area contributed by atoms with E-state index >= 15 is 0 Å². The summed E-state index contributed by atoms with van der Waals surface area (Å²) in [7, 11) is 0. The molecule has 1 aromatic rings. The van der Waals surface area contributed by atoms with Crippen molar-refractivity contribution in [1.82, 2.24) is 4.98 Å². The lowest BCUT2D eigenvalue weighted by Gasteiger charge is -2.28. The van der Waals surface area contributed by atoms with Gasteiger partial charge >= 0.3 is 5.97 Å². The molecule has 4 nitrogen and oxygen atoms in total. The quantitative estimate of drug-likeness (QED) is 0.829. The van der Waals surface area contributed by atoms with Crippen molar-refractivity contribution in [3.63, 3.8) is 0 Å². The maximum Gasteiger partial charge on any atom is 0.337 e. The van der Waals surface area contributed by atoms with Gasteiger partial charge in [-0.15, -0.1) is 0 Å². The highest BCUT2D eigenvalue weighted by atomic mass is 16.4. The molecule has 1 aromatic heterocycles. The predicted octanol–water partition coefficient (Wildman–Crippen LogP) is 2.08. The highest BCUT2D eigenvalue weighted by Gasteiger charge is 2.14. The van der Waals surface area contributed by atoms with Crippen molar-refractivity contribution in [2.24, 2.45) is 0 Å². The number of pyridine rings is 1. The molecule has 0 aromatic carbocycles. The number of carboxylic acids is 1. The molecule has 2 heterocycles. The van der Waals surface area contributed by atoms with E-state index in [1.165, 1.54) is 19.3 Å². The van der Waals surface area contributed by atoms with Gasteiger partial charge in [0, 0.05) is 13.1 Å². The lowest BCUT2D eigenvalue weighted by Crippen LogP contribution is -2.30. The topological polar surface area (TPSA) is 53.4 Å². The monoisotopic (exact) mass is 220 g/mol. The molecular weight excluding hydrogens is 204 g/mol. The largest absolute Gasteiger partial charge is 0.478 e. The lowest BCUT2D eigenvalue weighted by atomic mass is 10.1. The summed E-state index contributed by atoms with van der Waals surface area (Å²) in [5, 5.41) is 8.91. The van der Waals surface area contributed by atoms with Gasteiger partial charge in [0.15, 0.2) is 0 Å². The molecule has 0 amide bonds. The van der Waals surface area contributed by atoms with E-state index < -0.39 is 5.97 Å². The summed E-state index contributed by atoms with van der Waals surface area (Å²) in [6.07, 6.45) is 3.67. The second kappa shape index (κ2) is 4.51. The van der Waals surface area contributed by atoms with E-state index in [0.29, 0.717) is 11.3 Å². The number of nitrogens with zero attached hydrogens (tertiary/aromatic N) is 2. The molecule has 0 unspecified atom stereocenters. The van der Waals surface area contributed by atoms with Crippen LogP contribution in [-0.2, 0) is 0 Å². The molecule has 1 aliphatic heterocycles. The molecule has 0 radical (unpaired) electrons. The summed E-state index contributed by atoms with van der Waals surface area (Å²) in [5.41, 5.74) is 0.885. The molecule has 4 heteroatoms. The zero-order valence-electron chi connectivity index (χ0n) is 9.44. The summed E-state index contributed by atoms with van der Waals surface area (Å²) in [6.45, 7) is 3.80. The fraction of sp³-hybridized carbons (Fsp3) is 0.500. The number of hydrogen-bond donors (Lipinski definition) is 1.